The van der Waals surface area contributed by atoms with Gasteiger partial charge in [0.25, 0.3) is 11.8 Å². The predicted molar refractivity (Wildman–Crippen MR) is 122 cm³/mol. The number of nitrogens with zero attached hydrogens (tertiary/aromatic N) is 1. The van der Waals surface area contributed by atoms with Crippen molar-refractivity contribution in [3.63, 3.8) is 0 Å². The van der Waals surface area contributed by atoms with E-state index in [1.54, 1.807) is 48.5 Å². The summed E-state index contributed by atoms with van der Waals surface area (Å²) in [6, 6.07) is 17.3. The van der Waals surface area contributed by atoms with Gasteiger partial charge in [0.15, 0.2) is 11.5 Å². The molecule has 0 fully saturated rings. The number of rotatable bonds is 7. The van der Waals surface area contributed by atoms with Crippen LogP contribution in [0.5, 0.6) is 17.2 Å². The molecule has 3 aromatic rings. The molecule has 2 amide bonds. The number of carbonyl (C=O) groups excluding carboxylic acids is 2. The molecule has 0 radical (unpaired) electrons. The standard InChI is InChI=1S/C25H21FN2O5/c1-31-17-11-8-15(9-12-17)22-23(27-16-10-13-20(32-2)21(14-16)33-3)25(30)28(24(22)29)19-7-5-4-6-18(19)26/h4-14,27H,1-3H3. The van der Waals surface area contributed by atoms with Crippen LogP contribution in [0.1, 0.15) is 5.56 Å². The van der Waals surface area contributed by atoms with Crippen LogP contribution in [0.3, 0.4) is 0 Å². The molecule has 0 aromatic heterocycles. The summed E-state index contributed by atoms with van der Waals surface area (Å²) in [5.74, 6) is -0.452. The van der Waals surface area contributed by atoms with Gasteiger partial charge in [-0.05, 0) is 42.0 Å². The van der Waals surface area contributed by atoms with Crippen LogP contribution in [0.4, 0.5) is 15.8 Å². The second-order valence-electron chi connectivity index (χ2n) is 7.07. The van der Waals surface area contributed by atoms with Crippen molar-refractivity contribution in [1.82, 2.24) is 0 Å². The fourth-order valence-corrected chi connectivity index (χ4v) is 3.58. The van der Waals surface area contributed by atoms with Crippen LogP contribution in [0.25, 0.3) is 5.57 Å². The van der Waals surface area contributed by atoms with Crippen LogP contribution >= 0.6 is 0 Å². The Morgan fingerprint density at radius 2 is 1.48 bits per heavy atom. The van der Waals surface area contributed by atoms with Gasteiger partial charge in [-0.25, -0.2) is 9.29 Å². The maximum Gasteiger partial charge on any atom is 0.282 e. The van der Waals surface area contributed by atoms with Crippen molar-refractivity contribution in [1.29, 1.82) is 0 Å². The fraction of sp³-hybridized carbons (Fsp3) is 0.120. The van der Waals surface area contributed by atoms with Crippen LogP contribution < -0.4 is 24.4 Å². The maximum atomic E-state index is 14.5. The van der Waals surface area contributed by atoms with E-state index in [0.29, 0.717) is 28.5 Å². The van der Waals surface area contributed by atoms with E-state index in [-0.39, 0.29) is 17.0 Å². The monoisotopic (exact) mass is 448 g/mol. The molecule has 0 saturated carbocycles. The number of hydrogen-bond acceptors (Lipinski definition) is 6. The number of amides is 2. The largest absolute Gasteiger partial charge is 0.497 e. The summed E-state index contributed by atoms with van der Waals surface area (Å²) in [6.07, 6.45) is 0. The maximum absolute atomic E-state index is 14.5. The molecule has 1 heterocycles. The SMILES string of the molecule is COc1ccc(C2=C(Nc3ccc(OC)c(OC)c3)C(=O)N(c3ccccc3F)C2=O)cc1. The number of imide groups is 1. The second kappa shape index (κ2) is 9.04. The Balaban J connectivity index is 1.82. The number of carbonyl (C=O) groups is 2. The van der Waals surface area contributed by atoms with Crippen LogP contribution in [0, 0.1) is 5.82 Å². The molecule has 0 saturated heterocycles. The summed E-state index contributed by atoms with van der Waals surface area (Å²) >= 11 is 0. The molecule has 0 unspecified atom stereocenters. The minimum atomic E-state index is -0.680. The molecule has 1 aliphatic rings. The zero-order valence-electron chi connectivity index (χ0n) is 18.2. The van der Waals surface area contributed by atoms with E-state index in [1.807, 2.05) is 0 Å². The van der Waals surface area contributed by atoms with Crippen LogP contribution in [-0.4, -0.2) is 33.1 Å². The molecule has 0 atom stereocenters. The van der Waals surface area contributed by atoms with Crippen molar-refractivity contribution >= 4 is 28.8 Å². The summed E-state index contributed by atoms with van der Waals surface area (Å²) in [4.78, 5) is 27.6. The van der Waals surface area contributed by atoms with E-state index in [0.717, 1.165) is 4.90 Å². The number of ether oxygens (including phenoxy) is 3. The molecule has 0 bridgehead atoms. The van der Waals surface area contributed by atoms with Gasteiger partial charge in [-0.15, -0.1) is 0 Å². The molecule has 4 rings (SSSR count). The highest BCUT2D eigenvalue weighted by molar-refractivity contribution is 6.46. The highest BCUT2D eigenvalue weighted by atomic mass is 19.1. The van der Waals surface area contributed by atoms with Gasteiger partial charge in [0.05, 0.1) is 32.6 Å². The molecule has 33 heavy (non-hydrogen) atoms. The van der Waals surface area contributed by atoms with Crippen LogP contribution in [0.2, 0.25) is 0 Å². The Labute approximate surface area is 190 Å². The molecule has 3 aromatic carbocycles. The topological polar surface area (TPSA) is 77.1 Å². The lowest BCUT2D eigenvalue weighted by atomic mass is 10.0. The molecule has 168 valence electrons. The van der Waals surface area contributed by atoms with Crippen molar-refractivity contribution in [2.24, 2.45) is 0 Å². The number of halogens is 1. The highest BCUT2D eigenvalue weighted by Gasteiger charge is 2.41. The molecule has 7 nitrogen and oxygen atoms in total. The lowest BCUT2D eigenvalue weighted by molar-refractivity contribution is -0.120. The Morgan fingerprint density at radius 3 is 2.12 bits per heavy atom. The smallest absolute Gasteiger partial charge is 0.282 e. The first kappa shape index (κ1) is 21.9. The van der Waals surface area contributed by atoms with E-state index in [1.165, 1.54) is 39.5 Å². The van der Waals surface area contributed by atoms with Gasteiger partial charge in [-0.1, -0.05) is 24.3 Å². The van der Waals surface area contributed by atoms with Crippen molar-refractivity contribution in [2.75, 3.05) is 31.5 Å². The Bertz CT molecular complexity index is 1250. The molecular weight excluding hydrogens is 427 g/mol. The zero-order valence-corrected chi connectivity index (χ0v) is 18.2. The van der Waals surface area contributed by atoms with Gasteiger partial charge < -0.3 is 19.5 Å². The lowest BCUT2D eigenvalue weighted by Crippen LogP contribution is -2.33. The normalized spacial score (nSPS) is 13.4. The summed E-state index contributed by atoms with van der Waals surface area (Å²) in [5, 5.41) is 3.02. The number of nitrogens with one attached hydrogen (secondary N) is 1. The van der Waals surface area contributed by atoms with Crippen molar-refractivity contribution in [3.05, 3.63) is 83.8 Å². The van der Waals surface area contributed by atoms with Crippen molar-refractivity contribution in [3.8, 4) is 17.2 Å². The minimum absolute atomic E-state index is 0.0145. The summed E-state index contributed by atoms with van der Waals surface area (Å²) in [7, 11) is 4.54. The molecule has 0 spiro atoms. The first-order valence-electron chi connectivity index (χ1n) is 9.99. The first-order valence-corrected chi connectivity index (χ1v) is 9.99. The van der Waals surface area contributed by atoms with Gasteiger partial charge in [-0.3, -0.25) is 9.59 Å². The van der Waals surface area contributed by atoms with E-state index in [4.69, 9.17) is 14.2 Å². The third-order valence-electron chi connectivity index (χ3n) is 5.21. The molecule has 0 aliphatic carbocycles. The van der Waals surface area contributed by atoms with E-state index >= 15 is 0 Å². The third-order valence-corrected chi connectivity index (χ3v) is 5.21. The summed E-state index contributed by atoms with van der Waals surface area (Å²) < 4.78 is 30.3. The average Bonchev–Trinajstić information content (AvgIpc) is 3.08. The number of para-hydroxylation sites is 1. The van der Waals surface area contributed by atoms with Gasteiger partial charge in [0.1, 0.15) is 17.3 Å². The van der Waals surface area contributed by atoms with Crippen LogP contribution in [-0.2, 0) is 9.59 Å². The summed E-state index contributed by atoms with van der Waals surface area (Å²) in [6.45, 7) is 0. The van der Waals surface area contributed by atoms with E-state index < -0.39 is 17.6 Å². The molecule has 1 N–H and O–H groups in total. The Morgan fingerprint density at radius 1 is 0.788 bits per heavy atom. The second-order valence-corrected chi connectivity index (χ2v) is 7.07. The van der Waals surface area contributed by atoms with Gasteiger partial charge in [0, 0.05) is 11.8 Å². The van der Waals surface area contributed by atoms with Crippen LogP contribution in [0.15, 0.2) is 72.4 Å². The van der Waals surface area contributed by atoms with Gasteiger partial charge in [-0.2, -0.15) is 0 Å². The van der Waals surface area contributed by atoms with Gasteiger partial charge >= 0.3 is 0 Å². The number of methoxy groups -OCH3 is 3. The number of anilines is 2. The number of hydrogen-bond donors (Lipinski definition) is 1. The third kappa shape index (κ3) is 3.98. The molecule has 1 aliphatic heterocycles. The fourth-order valence-electron chi connectivity index (χ4n) is 3.58. The molecular formula is C25H21FN2O5. The summed E-state index contributed by atoms with van der Waals surface area (Å²) in [5.41, 5.74) is 0.977. The van der Waals surface area contributed by atoms with E-state index in [9.17, 15) is 14.0 Å². The predicted octanol–water partition coefficient (Wildman–Crippen LogP) is 4.25. The highest BCUT2D eigenvalue weighted by Crippen LogP contribution is 2.37. The molecule has 8 heteroatoms. The first-order chi connectivity index (χ1) is 16.0. The van der Waals surface area contributed by atoms with Gasteiger partial charge in [0.2, 0.25) is 0 Å². The number of benzene rings is 3. The Kier molecular flexibility index (Phi) is 5.99. The lowest BCUT2D eigenvalue weighted by Gasteiger charge is -2.16. The van der Waals surface area contributed by atoms with E-state index in [2.05, 4.69) is 5.32 Å². The Hall–Kier alpha value is -4.33. The zero-order chi connectivity index (χ0) is 23.5. The quantitative estimate of drug-likeness (QED) is 0.545. The average molecular weight is 448 g/mol. The van der Waals surface area contributed by atoms with Crippen molar-refractivity contribution < 1.29 is 28.2 Å². The minimum Gasteiger partial charge on any atom is -0.497 e. The van der Waals surface area contributed by atoms with Crippen molar-refractivity contribution in [2.45, 2.75) is 0 Å².